The number of anilines is 1. The molecule has 0 bridgehead atoms. The molecule has 31 heavy (non-hydrogen) atoms. The van der Waals surface area contributed by atoms with Gasteiger partial charge in [0.15, 0.2) is 16.1 Å². The second-order valence-electron chi connectivity index (χ2n) is 6.58. The molecule has 1 amide bonds. The van der Waals surface area contributed by atoms with E-state index in [0.29, 0.717) is 42.4 Å². The molecule has 1 aromatic carbocycles. The molecule has 0 saturated carbocycles. The Labute approximate surface area is 187 Å². The third-order valence-electron chi connectivity index (χ3n) is 4.57. The van der Waals surface area contributed by atoms with Crippen molar-refractivity contribution < 1.29 is 17.9 Å². The molecule has 1 aliphatic heterocycles. The van der Waals surface area contributed by atoms with Crippen molar-refractivity contribution in [1.82, 2.24) is 24.1 Å². The van der Waals surface area contributed by atoms with E-state index in [9.17, 15) is 13.2 Å². The molecule has 0 radical (unpaired) electrons. The number of nitrogens with one attached hydrogen (secondary N) is 1. The fourth-order valence-corrected chi connectivity index (χ4v) is 5.64. The first-order chi connectivity index (χ1) is 14.9. The lowest BCUT2D eigenvalue weighted by atomic mass is 10.2. The summed E-state index contributed by atoms with van der Waals surface area (Å²) < 4.78 is 34.0. The lowest BCUT2D eigenvalue weighted by Gasteiger charge is -2.26. The molecule has 0 aliphatic carbocycles. The van der Waals surface area contributed by atoms with Crippen LogP contribution in [0.4, 0.5) is 5.13 Å². The van der Waals surface area contributed by atoms with Crippen molar-refractivity contribution in [3.63, 3.8) is 0 Å². The highest BCUT2D eigenvalue weighted by Gasteiger charge is 2.26. The van der Waals surface area contributed by atoms with Crippen LogP contribution in [0.5, 0.6) is 0 Å². The maximum Gasteiger partial charge on any atom is 0.243 e. The number of hydrogen-bond donors (Lipinski definition) is 1. The first kappa shape index (κ1) is 21.9. The van der Waals surface area contributed by atoms with Crippen molar-refractivity contribution in [2.45, 2.75) is 10.1 Å². The summed E-state index contributed by atoms with van der Waals surface area (Å²) in [5.41, 5.74) is 0.731. The van der Waals surface area contributed by atoms with Crippen molar-refractivity contribution in [2.75, 3.05) is 37.4 Å². The molecule has 4 rings (SSSR count). The molecule has 3 aromatic rings. The Kier molecular flexibility index (Phi) is 6.67. The lowest BCUT2D eigenvalue weighted by molar-refractivity contribution is -0.113. The fraction of sp³-hybridized carbons (Fsp3) is 0.333. The quantitative estimate of drug-likeness (QED) is 0.508. The predicted octanol–water partition coefficient (Wildman–Crippen LogP) is 1.69. The molecule has 1 fully saturated rings. The van der Waals surface area contributed by atoms with Gasteiger partial charge in [0.25, 0.3) is 0 Å². The van der Waals surface area contributed by atoms with Crippen LogP contribution in [-0.4, -0.2) is 70.4 Å². The number of carbonyl (C=O) groups is 1. The van der Waals surface area contributed by atoms with Gasteiger partial charge in [-0.25, -0.2) is 13.4 Å². The molecule has 10 nitrogen and oxygen atoms in total. The van der Waals surface area contributed by atoms with E-state index in [-0.39, 0.29) is 16.6 Å². The van der Waals surface area contributed by atoms with Crippen LogP contribution in [0.2, 0.25) is 0 Å². The second-order valence-corrected chi connectivity index (χ2v) is 10.4. The molecule has 0 spiro atoms. The van der Waals surface area contributed by atoms with E-state index in [1.165, 1.54) is 27.4 Å². The summed E-state index contributed by atoms with van der Waals surface area (Å²) in [6.45, 7) is 1.51. The zero-order valence-electron chi connectivity index (χ0n) is 16.6. The van der Waals surface area contributed by atoms with Crippen LogP contribution in [0.1, 0.15) is 0 Å². The monoisotopic (exact) mass is 480 g/mol. The normalized spacial score (nSPS) is 15.1. The first-order valence-corrected chi connectivity index (χ1v) is 12.7. The largest absolute Gasteiger partial charge is 0.379 e. The average Bonchev–Trinajstić information content (AvgIpc) is 3.42. The van der Waals surface area contributed by atoms with Crippen molar-refractivity contribution in [3.8, 4) is 11.4 Å². The van der Waals surface area contributed by atoms with E-state index in [4.69, 9.17) is 4.74 Å². The Morgan fingerprint density at radius 1 is 1.23 bits per heavy atom. The average molecular weight is 481 g/mol. The Balaban J connectivity index is 1.43. The minimum absolute atomic E-state index is 0.169. The highest BCUT2D eigenvalue weighted by atomic mass is 32.2. The van der Waals surface area contributed by atoms with E-state index in [1.54, 1.807) is 47.5 Å². The number of sulfonamides is 1. The lowest BCUT2D eigenvalue weighted by Crippen LogP contribution is -2.40. The van der Waals surface area contributed by atoms with Gasteiger partial charge in [-0.1, -0.05) is 11.8 Å². The molecular weight excluding hydrogens is 460 g/mol. The Hall–Kier alpha value is -2.32. The molecule has 1 saturated heterocycles. The predicted molar refractivity (Wildman–Crippen MR) is 117 cm³/mol. The number of amides is 1. The standard InChI is InChI=1S/C18H20N6O4S3/c1-23-16(21-22-18(23)30-12-15(25)20-17-19-6-11-29-17)13-2-4-14(5-3-13)31(26,27)24-7-9-28-10-8-24/h2-6,11H,7-10,12H2,1H3,(H,19,20,25). The van der Waals surface area contributed by atoms with E-state index < -0.39 is 10.0 Å². The van der Waals surface area contributed by atoms with Gasteiger partial charge in [0.05, 0.1) is 23.9 Å². The third-order valence-corrected chi connectivity index (χ3v) is 8.19. The molecule has 2 aromatic heterocycles. The van der Waals surface area contributed by atoms with E-state index in [0.717, 1.165) is 5.56 Å². The number of aromatic nitrogens is 4. The summed E-state index contributed by atoms with van der Waals surface area (Å²) in [5.74, 6) is 0.572. The molecule has 1 N–H and O–H groups in total. The summed E-state index contributed by atoms with van der Waals surface area (Å²) in [7, 11) is -1.75. The molecular formula is C18H20N6O4S3. The summed E-state index contributed by atoms with van der Waals surface area (Å²) in [4.78, 5) is 16.3. The summed E-state index contributed by atoms with van der Waals surface area (Å²) in [6, 6.07) is 6.56. The molecule has 1 aliphatic rings. The van der Waals surface area contributed by atoms with Gasteiger partial charge in [0.1, 0.15) is 0 Å². The number of ether oxygens (including phenoxy) is 1. The van der Waals surface area contributed by atoms with Gasteiger partial charge >= 0.3 is 0 Å². The van der Waals surface area contributed by atoms with Crippen LogP contribution in [0.25, 0.3) is 11.4 Å². The Morgan fingerprint density at radius 2 is 1.97 bits per heavy atom. The maximum atomic E-state index is 12.8. The van der Waals surface area contributed by atoms with Gasteiger partial charge < -0.3 is 14.6 Å². The van der Waals surface area contributed by atoms with Gasteiger partial charge in [-0.15, -0.1) is 21.5 Å². The fourth-order valence-electron chi connectivity index (χ4n) is 2.97. The van der Waals surface area contributed by atoms with Crippen molar-refractivity contribution in [3.05, 3.63) is 35.8 Å². The maximum absolute atomic E-state index is 12.8. The SMILES string of the molecule is Cn1c(SCC(=O)Nc2nccs2)nnc1-c1ccc(S(=O)(=O)N2CCOCC2)cc1. The molecule has 0 atom stereocenters. The van der Waals surface area contributed by atoms with Gasteiger partial charge in [-0.05, 0) is 24.3 Å². The highest BCUT2D eigenvalue weighted by Crippen LogP contribution is 2.25. The summed E-state index contributed by atoms with van der Waals surface area (Å²) in [5, 5.41) is 14.0. The van der Waals surface area contributed by atoms with Gasteiger partial charge in [-0.3, -0.25) is 4.79 Å². The Bertz CT molecular complexity index is 1140. The Morgan fingerprint density at radius 3 is 2.65 bits per heavy atom. The van der Waals surface area contributed by atoms with Crippen LogP contribution in [-0.2, 0) is 26.6 Å². The minimum atomic E-state index is -3.55. The number of thioether (sulfide) groups is 1. The van der Waals surface area contributed by atoms with Crippen LogP contribution in [0.15, 0.2) is 45.9 Å². The molecule has 164 valence electrons. The first-order valence-electron chi connectivity index (χ1n) is 9.35. The van der Waals surface area contributed by atoms with Gasteiger partial charge in [0.2, 0.25) is 15.9 Å². The number of carbonyl (C=O) groups excluding carboxylic acids is 1. The zero-order chi connectivity index (χ0) is 21.8. The van der Waals surface area contributed by atoms with Gasteiger partial charge in [0, 0.05) is 37.3 Å². The number of morpholine rings is 1. The molecule has 0 unspecified atom stereocenters. The minimum Gasteiger partial charge on any atom is -0.379 e. The smallest absolute Gasteiger partial charge is 0.243 e. The molecule has 13 heteroatoms. The number of rotatable bonds is 7. The topological polar surface area (TPSA) is 119 Å². The zero-order valence-corrected chi connectivity index (χ0v) is 19.0. The number of hydrogen-bond acceptors (Lipinski definition) is 9. The van der Waals surface area contributed by atoms with Crippen LogP contribution >= 0.6 is 23.1 Å². The van der Waals surface area contributed by atoms with E-state index in [1.807, 2.05) is 0 Å². The van der Waals surface area contributed by atoms with E-state index in [2.05, 4.69) is 20.5 Å². The number of nitrogens with zero attached hydrogens (tertiary/aromatic N) is 5. The summed E-state index contributed by atoms with van der Waals surface area (Å²) >= 11 is 2.61. The van der Waals surface area contributed by atoms with Crippen LogP contribution < -0.4 is 5.32 Å². The van der Waals surface area contributed by atoms with Crippen molar-refractivity contribution >= 4 is 44.2 Å². The van der Waals surface area contributed by atoms with Crippen molar-refractivity contribution in [1.29, 1.82) is 0 Å². The van der Waals surface area contributed by atoms with Crippen molar-refractivity contribution in [2.24, 2.45) is 7.05 Å². The third kappa shape index (κ3) is 4.96. The molecule has 3 heterocycles. The van der Waals surface area contributed by atoms with Crippen LogP contribution in [0.3, 0.4) is 0 Å². The van der Waals surface area contributed by atoms with Gasteiger partial charge in [-0.2, -0.15) is 4.31 Å². The summed E-state index contributed by atoms with van der Waals surface area (Å²) in [6.07, 6.45) is 1.62. The highest BCUT2D eigenvalue weighted by molar-refractivity contribution is 7.99. The number of benzene rings is 1. The number of thiazole rings is 1. The van der Waals surface area contributed by atoms with Crippen LogP contribution in [0, 0.1) is 0 Å². The van der Waals surface area contributed by atoms with E-state index >= 15 is 0 Å². The second kappa shape index (κ2) is 9.44.